The van der Waals surface area contributed by atoms with E-state index >= 15 is 0 Å². The number of benzene rings is 3. The molecule has 0 amide bonds. The van der Waals surface area contributed by atoms with E-state index in [1.54, 1.807) is 12.1 Å². The van der Waals surface area contributed by atoms with Crippen LogP contribution in [-0.4, -0.2) is 70.9 Å². The molecule has 11 nitrogen and oxygen atoms in total. The molecule has 1 aromatic heterocycles. The molecule has 0 spiro atoms. The van der Waals surface area contributed by atoms with Crippen LogP contribution in [0.1, 0.15) is 18.3 Å². The summed E-state index contributed by atoms with van der Waals surface area (Å²) in [5.41, 5.74) is 3.26. The molecule has 230 valence electrons. The van der Waals surface area contributed by atoms with Crippen LogP contribution < -0.4 is 20.2 Å². The zero-order chi connectivity index (χ0) is 30.6. The Balaban J connectivity index is 0.972. The van der Waals surface area contributed by atoms with Crippen molar-refractivity contribution in [2.75, 3.05) is 49.2 Å². The molecule has 6 rings (SSSR count). The van der Waals surface area contributed by atoms with Crippen LogP contribution in [0.15, 0.2) is 77.9 Å². The number of halogens is 2. The Morgan fingerprint density at radius 1 is 0.932 bits per heavy atom. The number of piperazine rings is 1. The Labute approximate surface area is 263 Å². The van der Waals surface area contributed by atoms with E-state index in [1.165, 1.54) is 10.9 Å². The van der Waals surface area contributed by atoms with Crippen molar-refractivity contribution in [3.63, 3.8) is 0 Å². The largest absolute Gasteiger partial charge is 0.491 e. The van der Waals surface area contributed by atoms with Crippen molar-refractivity contribution in [1.82, 2.24) is 14.3 Å². The van der Waals surface area contributed by atoms with Crippen LogP contribution in [0.3, 0.4) is 0 Å². The van der Waals surface area contributed by atoms with Crippen LogP contribution in [-0.2, 0) is 20.8 Å². The van der Waals surface area contributed by atoms with Gasteiger partial charge in [-0.2, -0.15) is 5.10 Å². The first-order valence-electron chi connectivity index (χ1n) is 14.3. The van der Waals surface area contributed by atoms with E-state index in [1.807, 2.05) is 42.5 Å². The van der Waals surface area contributed by atoms with Crippen molar-refractivity contribution in [3.05, 3.63) is 99.2 Å². The quantitative estimate of drug-likeness (QED) is 0.265. The summed E-state index contributed by atoms with van der Waals surface area (Å²) in [6.45, 7) is 4.23. The third-order valence-electron chi connectivity index (χ3n) is 7.65. The van der Waals surface area contributed by atoms with Gasteiger partial charge in [-0.05, 0) is 60.7 Å². The van der Waals surface area contributed by atoms with Crippen molar-refractivity contribution in [3.8, 4) is 11.4 Å². The average molecular weight is 641 g/mol. The number of anilines is 2. The minimum absolute atomic E-state index is 0.0341. The number of aromatic nitrogens is 3. The molecule has 2 fully saturated rings. The minimum Gasteiger partial charge on any atom is -0.491 e. The van der Waals surface area contributed by atoms with E-state index in [0.29, 0.717) is 28.9 Å². The SMILES string of the molecule is O=C(O)CCn1ncn(-c2ccc(N3CCN(c4ccc(OCC5COC(c6ccc(Cl)cc6Cl)O5)cc4)CC3)cc2)c1=O. The zero-order valence-electron chi connectivity index (χ0n) is 23.7. The number of nitrogens with zero attached hydrogens (tertiary/aromatic N) is 5. The lowest BCUT2D eigenvalue weighted by molar-refractivity contribution is -0.137. The molecule has 3 aromatic carbocycles. The van der Waals surface area contributed by atoms with Crippen molar-refractivity contribution in [2.45, 2.75) is 25.4 Å². The molecule has 0 aliphatic carbocycles. The number of carboxylic acids is 1. The Hall–Kier alpha value is -4.03. The van der Waals surface area contributed by atoms with E-state index in [0.717, 1.165) is 53.5 Å². The molecule has 0 saturated carbocycles. The number of ether oxygens (including phenoxy) is 3. The fourth-order valence-corrected chi connectivity index (χ4v) is 5.75. The number of carbonyl (C=O) groups is 1. The summed E-state index contributed by atoms with van der Waals surface area (Å²) in [5.74, 6) is -0.213. The van der Waals surface area contributed by atoms with E-state index in [4.69, 9.17) is 42.5 Å². The second-order valence-corrected chi connectivity index (χ2v) is 11.4. The molecule has 2 saturated heterocycles. The van der Waals surface area contributed by atoms with Gasteiger partial charge in [0.25, 0.3) is 0 Å². The highest BCUT2D eigenvalue weighted by Crippen LogP contribution is 2.33. The summed E-state index contributed by atoms with van der Waals surface area (Å²) in [6.07, 6.45) is 0.504. The molecule has 4 aromatic rings. The molecule has 0 radical (unpaired) electrons. The summed E-state index contributed by atoms with van der Waals surface area (Å²) in [5, 5.41) is 14.0. The predicted molar refractivity (Wildman–Crippen MR) is 166 cm³/mol. The van der Waals surface area contributed by atoms with Gasteiger partial charge in [0.15, 0.2) is 6.29 Å². The van der Waals surface area contributed by atoms with Crippen LogP contribution in [0.25, 0.3) is 5.69 Å². The van der Waals surface area contributed by atoms with Gasteiger partial charge in [-0.15, -0.1) is 0 Å². The second-order valence-electron chi connectivity index (χ2n) is 10.5. The van der Waals surface area contributed by atoms with Crippen LogP contribution in [0.2, 0.25) is 10.0 Å². The summed E-state index contributed by atoms with van der Waals surface area (Å²) in [7, 11) is 0. The number of carboxylic acid groups (broad SMARTS) is 1. The number of hydrogen-bond acceptors (Lipinski definition) is 8. The average Bonchev–Trinajstić information content (AvgIpc) is 3.66. The van der Waals surface area contributed by atoms with Crippen LogP contribution >= 0.6 is 23.2 Å². The zero-order valence-corrected chi connectivity index (χ0v) is 25.2. The first kappa shape index (κ1) is 30.0. The first-order valence-corrected chi connectivity index (χ1v) is 15.0. The Kier molecular flexibility index (Phi) is 9.08. The van der Waals surface area contributed by atoms with Crippen molar-refractivity contribution >= 4 is 40.5 Å². The fraction of sp³-hybridized carbons (Fsp3) is 0.323. The molecule has 2 atom stereocenters. The number of hydrogen-bond donors (Lipinski definition) is 1. The van der Waals surface area contributed by atoms with Gasteiger partial charge >= 0.3 is 11.7 Å². The van der Waals surface area contributed by atoms with Gasteiger partial charge in [0.1, 0.15) is 24.8 Å². The van der Waals surface area contributed by atoms with Crippen LogP contribution in [0.5, 0.6) is 5.75 Å². The molecule has 44 heavy (non-hydrogen) atoms. The van der Waals surface area contributed by atoms with E-state index in [-0.39, 0.29) is 24.8 Å². The lowest BCUT2D eigenvalue weighted by atomic mass is 10.2. The molecule has 1 N–H and O–H groups in total. The highest BCUT2D eigenvalue weighted by atomic mass is 35.5. The monoisotopic (exact) mass is 639 g/mol. The molecule has 0 bridgehead atoms. The van der Waals surface area contributed by atoms with Crippen molar-refractivity contribution < 1.29 is 24.1 Å². The van der Waals surface area contributed by atoms with E-state index in [2.05, 4.69) is 27.0 Å². The minimum atomic E-state index is -0.973. The van der Waals surface area contributed by atoms with Gasteiger partial charge in [-0.25, -0.2) is 14.0 Å². The Morgan fingerprint density at radius 3 is 2.20 bits per heavy atom. The van der Waals surface area contributed by atoms with Gasteiger partial charge in [0, 0.05) is 48.1 Å². The van der Waals surface area contributed by atoms with Gasteiger partial charge in [-0.3, -0.25) is 4.79 Å². The molecule has 2 aliphatic heterocycles. The molecule has 3 heterocycles. The van der Waals surface area contributed by atoms with Crippen LogP contribution in [0.4, 0.5) is 11.4 Å². The normalized spacial score (nSPS) is 18.5. The third kappa shape index (κ3) is 6.86. The van der Waals surface area contributed by atoms with Gasteiger partial charge in [0.2, 0.25) is 0 Å². The molecule has 2 unspecified atom stereocenters. The smallest absolute Gasteiger partial charge is 0.350 e. The molecular formula is C31H31Cl2N5O6. The molecule has 13 heteroatoms. The topological polar surface area (TPSA) is 111 Å². The molecule has 2 aliphatic rings. The number of aryl methyl sites for hydroxylation is 1. The first-order chi connectivity index (χ1) is 21.3. The maximum atomic E-state index is 12.6. The van der Waals surface area contributed by atoms with Gasteiger partial charge < -0.3 is 29.1 Å². The predicted octanol–water partition coefficient (Wildman–Crippen LogP) is 4.64. The lowest BCUT2D eigenvalue weighted by Crippen LogP contribution is -2.46. The fourth-order valence-electron chi connectivity index (χ4n) is 5.25. The van der Waals surface area contributed by atoms with E-state index in [9.17, 15) is 9.59 Å². The maximum Gasteiger partial charge on any atom is 0.350 e. The van der Waals surface area contributed by atoms with Gasteiger partial charge in [-0.1, -0.05) is 29.3 Å². The van der Waals surface area contributed by atoms with Crippen molar-refractivity contribution in [2.24, 2.45) is 0 Å². The maximum absolute atomic E-state index is 12.6. The Bertz CT molecular complexity index is 1650. The summed E-state index contributed by atoms with van der Waals surface area (Å²) >= 11 is 12.3. The lowest BCUT2D eigenvalue weighted by Gasteiger charge is -2.37. The Morgan fingerprint density at radius 2 is 1.57 bits per heavy atom. The number of rotatable bonds is 10. The van der Waals surface area contributed by atoms with Crippen molar-refractivity contribution in [1.29, 1.82) is 0 Å². The molecular weight excluding hydrogens is 609 g/mol. The second kappa shape index (κ2) is 13.3. The summed E-state index contributed by atoms with van der Waals surface area (Å²) in [6, 6.07) is 21.0. The highest BCUT2D eigenvalue weighted by molar-refractivity contribution is 6.35. The highest BCUT2D eigenvalue weighted by Gasteiger charge is 2.29. The summed E-state index contributed by atoms with van der Waals surface area (Å²) in [4.78, 5) is 28.0. The number of aliphatic carboxylic acids is 1. The standard InChI is InChI=1S/C31H31Cl2N5O6/c32-21-1-10-27(28(33)17-21)30-43-19-26(44-30)18-42-25-8-6-23(7-9-25)36-15-13-35(14-16-36)22-2-4-24(5-3-22)37-20-34-38(31(37)41)12-11-29(39)40/h1-10,17,20,26,30H,11-16,18-19H2,(H,39,40). The van der Waals surface area contributed by atoms with Crippen LogP contribution in [0, 0.1) is 0 Å². The van der Waals surface area contributed by atoms with E-state index < -0.39 is 12.3 Å². The van der Waals surface area contributed by atoms with Gasteiger partial charge in [0.05, 0.1) is 30.3 Å². The summed E-state index contributed by atoms with van der Waals surface area (Å²) < 4.78 is 20.3. The third-order valence-corrected chi connectivity index (χ3v) is 8.21.